The van der Waals surface area contributed by atoms with Gasteiger partial charge in [0, 0.05) is 50.6 Å². The predicted molar refractivity (Wildman–Crippen MR) is 410 cm³/mol. The lowest BCUT2D eigenvalue weighted by molar-refractivity contribution is 1.18. The molecule has 15 aliphatic rings. The molecule has 24 bridgehead atoms. The van der Waals surface area contributed by atoms with E-state index in [0.717, 1.165) is 62.3 Å². The molecule has 0 fully saturated rings. The molecule has 1 aromatic heterocycles. The van der Waals surface area contributed by atoms with Gasteiger partial charge in [0.15, 0.2) is 0 Å². The molecule has 0 radical (unpaired) electrons. The van der Waals surface area contributed by atoms with E-state index < -0.39 is 0 Å². The molecular formula is C90H61IN4. The summed E-state index contributed by atoms with van der Waals surface area (Å²) in [5.74, 6) is 0. The Bertz CT molecular complexity index is 5050. The molecule has 95 heavy (non-hydrogen) atoms. The zero-order valence-electron chi connectivity index (χ0n) is 51.9. The third-order valence-corrected chi connectivity index (χ3v) is 19.8. The maximum atomic E-state index is 2.41. The highest BCUT2D eigenvalue weighted by Crippen LogP contribution is 2.43. The van der Waals surface area contributed by atoms with Gasteiger partial charge in [-0.1, -0.05) is 237 Å². The first-order valence-corrected chi connectivity index (χ1v) is 33.3. The minimum atomic E-state index is 1.09. The van der Waals surface area contributed by atoms with Crippen molar-refractivity contribution in [3.05, 3.63) is 370 Å². The van der Waals surface area contributed by atoms with Crippen molar-refractivity contribution in [3.63, 3.8) is 0 Å². The van der Waals surface area contributed by atoms with E-state index in [1.54, 1.807) is 0 Å². The average molecular weight is 1330 g/mol. The smallest absolute Gasteiger partial charge is 0.0646 e. The zero-order valence-corrected chi connectivity index (χ0v) is 54.0. The molecule has 0 spiro atoms. The van der Waals surface area contributed by atoms with Crippen LogP contribution in [0.3, 0.4) is 0 Å². The molecule has 0 saturated carbocycles. The van der Waals surface area contributed by atoms with Gasteiger partial charge >= 0.3 is 0 Å². The second-order valence-electron chi connectivity index (χ2n) is 24.3. The van der Waals surface area contributed by atoms with Crippen molar-refractivity contribution in [3.8, 4) is 94.7 Å². The van der Waals surface area contributed by atoms with E-state index in [1.165, 1.54) is 99.7 Å². The van der Waals surface area contributed by atoms with E-state index in [4.69, 9.17) is 0 Å². The van der Waals surface area contributed by atoms with Crippen LogP contribution in [0.5, 0.6) is 0 Å². The van der Waals surface area contributed by atoms with E-state index in [2.05, 4.69) is 410 Å². The lowest BCUT2D eigenvalue weighted by Gasteiger charge is -2.26. The number of fused-ring (bicyclic) bond motifs is 2. The zero-order chi connectivity index (χ0) is 63.2. The highest BCUT2D eigenvalue weighted by molar-refractivity contribution is 14.1. The van der Waals surface area contributed by atoms with Crippen LogP contribution in [0, 0.1) is 0 Å². The monoisotopic (exact) mass is 1320 g/mol. The first-order chi connectivity index (χ1) is 47.0. The van der Waals surface area contributed by atoms with Gasteiger partial charge in [-0.15, -0.1) is 0 Å². The highest BCUT2D eigenvalue weighted by atomic mass is 127. The summed E-state index contributed by atoms with van der Waals surface area (Å²) in [5.41, 5.74) is 31.0. The molecule has 0 N–H and O–H groups in total. The quantitative estimate of drug-likeness (QED) is 0.129. The third-order valence-electron chi connectivity index (χ3n) is 18.7. The molecule has 15 aromatic carbocycles. The first kappa shape index (κ1) is 57.2. The van der Waals surface area contributed by atoms with Crippen LogP contribution < -0.4 is 12.9 Å². The van der Waals surface area contributed by atoms with Gasteiger partial charge < -0.3 is 14.4 Å². The summed E-state index contributed by atoms with van der Waals surface area (Å²) in [7, 11) is 0. The molecule has 0 unspecified atom stereocenters. The first-order valence-electron chi connectivity index (χ1n) is 32.3. The van der Waals surface area contributed by atoms with Gasteiger partial charge in [0.25, 0.3) is 0 Å². The van der Waals surface area contributed by atoms with Gasteiger partial charge in [0.2, 0.25) is 0 Å². The summed E-state index contributed by atoms with van der Waals surface area (Å²) < 4.78 is 4.62. The molecular weight excluding hydrogens is 1260 g/mol. The Hall–Kier alpha value is -11.8. The number of rotatable bonds is 3. The van der Waals surface area contributed by atoms with Crippen molar-refractivity contribution < 1.29 is 0 Å². The fourth-order valence-electron chi connectivity index (χ4n) is 13.6. The lowest BCUT2D eigenvalue weighted by Crippen LogP contribution is -2.09. The van der Waals surface area contributed by atoms with Crippen molar-refractivity contribution in [2.24, 2.45) is 0 Å². The fraction of sp³-hybridized carbons (Fsp3) is 0. The van der Waals surface area contributed by atoms with Crippen molar-refractivity contribution >= 4 is 90.2 Å². The third kappa shape index (κ3) is 11.1. The topological polar surface area (TPSA) is 14.7 Å². The van der Waals surface area contributed by atoms with E-state index >= 15 is 0 Å². The van der Waals surface area contributed by atoms with E-state index in [0.29, 0.717) is 0 Å². The summed E-state index contributed by atoms with van der Waals surface area (Å²) in [4.78, 5) is 4.66. The SMILES string of the molecule is IN1c2ccc(cc2)-c2ccc(cc2)-c2ccc(cc2)N(c2ccccc2)c2ccc(cc2)-c2ccc(cc2)-c2ccc3c(c2)c2cc(ccc2n3-c2ccccc2)-c2ccc(cc2)-c2ccc(cc2)N(c2ccccc2)c2ccc(cc2)-c2ccc(cc2)-c2ccc1cc2. The second-order valence-corrected chi connectivity index (χ2v) is 25.3. The summed E-state index contributed by atoms with van der Waals surface area (Å²) in [6.45, 7) is 0. The Morgan fingerprint density at radius 2 is 0.337 bits per heavy atom. The molecule has 16 aromatic rings. The molecule has 16 heterocycles. The Labute approximate surface area is 568 Å². The van der Waals surface area contributed by atoms with E-state index in [9.17, 15) is 0 Å². The van der Waals surface area contributed by atoms with Crippen LogP contribution in [-0.4, -0.2) is 4.57 Å². The van der Waals surface area contributed by atoms with Crippen LogP contribution in [0.2, 0.25) is 0 Å². The molecule has 448 valence electrons. The number of para-hydroxylation sites is 3. The van der Waals surface area contributed by atoms with Gasteiger partial charge in [0.1, 0.15) is 0 Å². The van der Waals surface area contributed by atoms with Gasteiger partial charge in [0.05, 0.1) is 45.3 Å². The number of hydrogen-bond donors (Lipinski definition) is 0. The van der Waals surface area contributed by atoms with E-state index in [-0.39, 0.29) is 0 Å². The molecule has 0 aliphatic carbocycles. The van der Waals surface area contributed by atoms with Crippen molar-refractivity contribution in [1.29, 1.82) is 0 Å². The van der Waals surface area contributed by atoms with Gasteiger partial charge in [-0.05, 0) is 222 Å². The number of hydrogen-bond acceptors (Lipinski definition) is 3. The number of anilines is 8. The van der Waals surface area contributed by atoms with Crippen LogP contribution in [0.4, 0.5) is 45.5 Å². The normalized spacial score (nSPS) is 12.0. The number of benzene rings is 15. The van der Waals surface area contributed by atoms with Gasteiger partial charge in [-0.25, -0.2) is 0 Å². The number of aromatic nitrogens is 1. The Morgan fingerprint density at radius 1 is 0.158 bits per heavy atom. The molecule has 4 nitrogen and oxygen atoms in total. The molecule has 15 aliphatic heterocycles. The Kier molecular flexibility index (Phi) is 14.9. The summed E-state index contributed by atoms with van der Waals surface area (Å²) in [6.07, 6.45) is 0. The highest BCUT2D eigenvalue weighted by Gasteiger charge is 2.19. The predicted octanol–water partition coefficient (Wildman–Crippen LogP) is 25.9. The molecule has 0 atom stereocenters. The molecule has 31 rings (SSSR count). The largest absolute Gasteiger partial charge is 0.311 e. The van der Waals surface area contributed by atoms with Gasteiger partial charge in [-0.3, -0.25) is 3.11 Å². The Morgan fingerprint density at radius 3 is 0.579 bits per heavy atom. The van der Waals surface area contributed by atoms with Crippen molar-refractivity contribution in [2.45, 2.75) is 0 Å². The minimum Gasteiger partial charge on any atom is -0.311 e. The lowest BCUT2D eigenvalue weighted by atomic mass is 9.97. The average Bonchev–Trinajstić information content (AvgIpc) is 1.60. The van der Waals surface area contributed by atoms with Gasteiger partial charge in [-0.2, -0.15) is 0 Å². The van der Waals surface area contributed by atoms with Crippen molar-refractivity contribution in [2.75, 3.05) is 12.9 Å². The summed E-state index contributed by atoms with van der Waals surface area (Å²) >= 11 is 2.41. The summed E-state index contributed by atoms with van der Waals surface area (Å²) in [5, 5.41) is 2.43. The van der Waals surface area contributed by atoms with Crippen LogP contribution in [0.15, 0.2) is 370 Å². The maximum absolute atomic E-state index is 2.41. The van der Waals surface area contributed by atoms with Crippen LogP contribution in [0.1, 0.15) is 0 Å². The fourth-order valence-corrected chi connectivity index (χ4v) is 14.3. The molecule has 0 amide bonds. The number of halogens is 1. The second kappa shape index (κ2) is 24.7. The minimum absolute atomic E-state index is 1.09. The van der Waals surface area contributed by atoms with E-state index in [1.807, 2.05) is 0 Å². The van der Waals surface area contributed by atoms with Crippen LogP contribution in [0.25, 0.3) is 117 Å². The van der Waals surface area contributed by atoms with Crippen LogP contribution in [-0.2, 0) is 0 Å². The number of nitrogens with zero attached hydrogens (tertiary/aromatic N) is 4. The van der Waals surface area contributed by atoms with Crippen LogP contribution >= 0.6 is 22.9 Å². The molecule has 5 heteroatoms. The molecule has 0 saturated heterocycles. The standard InChI is InChI=1S/C90H61IN4/c91-95-85-54-40-72(41-55-85)64-20-16-62(17-21-64)68-32-46-81(47-33-68)92(78-10-4-1-5-11-78)83-50-36-70(37-51-83)66-24-28-74(29-25-66)76-44-58-89-87(60-76)88-61-77(45-59-90(88)94(89)80-14-8-3-9-15-80)75-30-26-67(27-31-75)71-38-52-84(53-39-71)93(79-12-6-2-7-13-79)82-48-34-69(35-49-82)63-18-22-65(23-19-63)73-42-56-86(95)57-43-73/h1-61H. The maximum Gasteiger partial charge on any atom is 0.0646 e. The summed E-state index contributed by atoms with van der Waals surface area (Å²) in [6, 6.07) is 135. The van der Waals surface area contributed by atoms with Crippen molar-refractivity contribution in [1.82, 2.24) is 4.57 Å². The Balaban J connectivity index is 0.718.